The summed E-state index contributed by atoms with van der Waals surface area (Å²) in [6, 6.07) is 22.2. The highest BCUT2D eigenvalue weighted by atomic mass is 16.6. The fraction of sp³-hybridized carbons (Fsp3) is 0.568. The minimum Gasteiger partial charge on any atom is -0.504 e. The molecule has 0 radical (unpaired) electrons. The molecule has 53 heavy (non-hydrogen) atoms. The van der Waals surface area contributed by atoms with Gasteiger partial charge in [0.25, 0.3) is 0 Å². The molecule has 3 aromatic carbocycles. The van der Waals surface area contributed by atoms with E-state index in [-0.39, 0.29) is 23.2 Å². The summed E-state index contributed by atoms with van der Waals surface area (Å²) in [5.41, 5.74) is 4.85. The molecule has 0 aromatic heterocycles. The predicted octanol–water partition coefficient (Wildman–Crippen LogP) is 8.69. The van der Waals surface area contributed by atoms with Gasteiger partial charge >= 0.3 is 5.97 Å². The number of esters is 1. The summed E-state index contributed by atoms with van der Waals surface area (Å²) in [7, 11) is 0. The summed E-state index contributed by atoms with van der Waals surface area (Å²) < 4.78 is 28.8. The first-order chi connectivity index (χ1) is 26.0. The summed E-state index contributed by atoms with van der Waals surface area (Å²) in [5, 5.41) is 10.7. The van der Waals surface area contributed by atoms with Crippen LogP contribution in [0.3, 0.4) is 0 Å². The molecule has 9 nitrogen and oxygen atoms in total. The molecule has 288 valence electrons. The molecular formula is C44H60N2O7. The number of aromatic hydroxyl groups is 1. The molecule has 0 amide bonds. The number of unbranched alkanes of at least 4 members (excludes halogenated alkanes) is 9. The molecule has 1 N–H and O–H groups in total. The minimum absolute atomic E-state index is 0.0499. The van der Waals surface area contributed by atoms with Crippen LogP contribution < -0.4 is 14.5 Å². The normalized spacial score (nSPS) is 19.0. The van der Waals surface area contributed by atoms with Gasteiger partial charge in [-0.3, -0.25) is 0 Å². The number of carbonyl (C=O) groups excluding carboxylic acids is 1. The van der Waals surface area contributed by atoms with Gasteiger partial charge in [-0.25, -0.2) is 4.79 Å². The van der Waals surface area contributed by atoms with Crippen LogP contribution >= 0.6 is 0 Å². The Hall–Kier alpha value is -3.79. The lowest BCUT2D eigenvalue weighted by molar-refractivity contribution is 0.0275. The molecule has 4 atom stereocenters. The van der Waals surface area contributed by atoms with E-state index in [0.717, 1.165) is 51.3 Å². The molecule has 3 aromatic rings. The molecule has 3 aliphatic rings. The average molecular weight is 729 g/mol. The molecule has 3 heterocycles. The highest BCUT2D eigenvalue weighted by molar-refractivity contribution is 5.93. The Labute approximate surface area is 316 Å². The number of hydrogen-bond donors (Lipinski definition) is 1. The lowest BCUT2D eigenvalue weighted by atomic mass is 10.0. The van der Waals surface area contributed by atoms with Crippen molar-refractivity contribution in [3.8, 4) is 11.5 Å². The van der Waals surface area contributed by atoms with E-state index in [4.69, 9.17) is 23.7 Å². The Morgan fingerprint density at radius 1 is 0.717 bits per heavy atom. The SMILES string of the molecule is CCCCCCCCCCCCOc1c(O)cccc1C(=O)OC(CC)N(CC1CO1)c1ccc(Cc2ccc(N(CC3CO3)CC3CO3)cc2)cc1. The molecule has 3 aliphatic heterocycles. The monoisotopic (exact) mass is 728 g/mol. The number of phenolic OH excluding ortho intramolecular Hbond substituents is 1. The number of hydrogen-bond acceptors (Lipinski definition) is 9. The fourth-order valence-electron chi connectivity index (χ4n) is 6.93. The third-order valence-electron chi connectivity index (χ3n) is 10.3. The maximum Gasteiger partial charge on any atom is 0.343 e. The molecule has 0 bridgehead atoms. The van der Waals surface area contributed by atoms with E-state index in [1.807, 2.05) is 6.92 Å². The molecule has 3 saturated heterocycles. The Bertz CT molecular complexity index is 1520. The Morgan fingerprint density at radius 3 is 1.79 bits per heavy atom. The van der Waals surface area contributed by atoms with Crippen molar-refractivity contribution >= 4 is 17.3 Å². The van der Waals surface area contributed by atoms with Gasteiger partial charge in [0.05, 0.1) is 44.7 Å². The quantitative estimate of drug-likeness (QED) is 0.0377. The zero-order valence-corrected chi connectivity index (χ0v) is 31.9. The second kappa shape index (κ2) is 20.0. The van der Waals surface area contributed by atoms with E-state index in [0.29, 0.717) is 38.4 Å². The zero-order chi connectivity index (χ0) is 36.8. The molecule has 4 unspecified atom stereocenters. The third-order valence-corrected chi connectivity index (χ3v) is 10.3. The predicted molar refractivity (Wildman–Crippen MR) is 209 cm³/mol. The third kappa shape index (κ3) is 12.7. The Balaban J connectivity index is 1.02. The van der Waals surface area contributed by atoms with E-state index in [1.165, 1.54) is 68.2 Å². The summed E-state index contributed by atoms with van der Waals surface area (Å²) in [6.45, 7) is 9.50. The first-order valence-corrected chi connectivity index (χ1v) is 20.2. The zero-order valence-electron chi connectivity index (χ0n) is 31.9. The second-order valence-corrected chi connectivity index (χ2v) is 14.9. The smallest absolute Gasteiger partial charge is 0.343 e. The molecular weight excluding hydrogens is 668 g/mol. The molecule has 0 spiro atoms. The van der Waals surface area contributed by atoms with E-state index < -0.39 is 12.2 Å². The number of benzene rings is 3. The highest BCUT2D eigenvalue weighted by Crippen LogP contribution is 2.33. The number of nitrogens with zero attached hydrogens (tertiary/aromatic N) is 2. The molecule has 0 aliphatic carbocycles. The number of rotatable bonds is 26. The van der Waals surface area contributed by atoms with Crippen molar-refractivity contribution in [1.82, 2.24) is 0 Å². The minimum atomic E-state index is -0.521. The van der Waals surface area contributed by atoms with Gasteiger partial charge in [0.15, 0.2) is 17.7 Å². The van der Waals surface area contributed by atoms with Crippen LogP contribution in [0.1, 0.15) is 106 Å². The van der Waals surface area contributed by atoms with E-state index in [9.17, 15) is 9.90 Å². The van der Waals surface area contributed by atoms with Gasteiger partial charge < -0.3 is 38.6 Å². The van der Waals surface area contributed by atoms with Crippen LogP contribution in [0.15, 0.2) is 66.7 Å². The summed E-state index contributed by atoms with van der Waals surface area (Å²) in [5.74, 6) is -0.370. The number of epoxide rings is 3. The Kier molecular flexibility index (Phi) is 14.7. The Morgan fingerprint density at radius 2 is 1.25 bits per heavy atom. The first-order valence-electron chi connectivity index (χ1n) is 20.2. The van der Waals surface area contributed by atoms with Crippen molar-refractivity contribution in [2.75, 3.05) is 55.9 Å². The van der Waals surface area contributed by atoms with Gasteiger partial charge in [-0.15, -0.1) is 0 Å². The maximum atomic E-state index is 13.7. The second-order valence-electron chi connectivity index (χ2n) is 14.9. The van der Waals surface area contributed by atoms with Crippen molar-refractivity contribution in [3.05, 3.63) is 83.4 Å². The number of ether oxygens (including phenoxy) is 5. The van der Waals surface area contributed by atoms with Gasteiger partial charge in [0.1, 0.15) is 5.56 Å². The first kappa shape index (κ1) is 38.9. The van der Waals surface area contributed by atoms with Gasteiger partial charge in [-0.2, -0.15) is 0 Å². The lowest BCUT2D eigenvalue weighted by Crippen LogP contribution is -2.41. The van der Waals surface area contributed by atoms with Gasteiger partial charge in [-0.1, -0.05) is 102 Å². The molecule has 0 saturated carbocycles. The van der Waals surface area contributed by atoms with Crippen LogP contribution in [0, 0.1) is 0 Å². The summed E-state index contributed by atoms with van der Waals surface area (Å²) in [4.78, 5) is 18.2. The van der Waals surface area contributed by atoms with Gasteiger partial charge in [0.2, 0.25) is 0 Å². The molecule has 6 rings (SSSR count). The van der Waals surface area contributed by atoms with Crippen molar-refractivity contribution in [2.24, 2.45) is 0 Å². The largest absolute Gasteiger partial charge is 0.504 e. The van der Waals surface area contributed by atoms with Crippen LogP contribution in [0.5, 0.6) is 11.5 Å². The number of phenols is 1. The van der Waals surface area contributed by atoms with Crippen LogP contribution in [0.25, 0.3) is 0 Å². The van der Waals surface area contributed by atoms with Crippen molar-refractivity contribution in [3.63, 3.8) is 0 Å². The average Bonchev–Trinajstić information content (AvgIpc) is 4.02. The number of carbonyl (C=O) groups is 1. The number of para-hydroxylation sites is 1. The van der Waals surface area contributed by atoms with E-state index in [2.05, 4.69) is 65.3 Å². The summed E-state index contributed by atoms with van der Waals surface area (Å²) in [6.07, 6.45) is 13.9. The van der Waals surface area contributed by atoms with Gasteiger partial charge in [0, 0.05) is 37.4 Å². The molecule has 3 fully saturated rings. The van der Waals surface area contributed by atoms with Crippen molar-refractivity contribution in [1.29, 1.82) is 0 Å². The maximum absolute atomic E-state index is 13.7. The number of anilines is 2. The lowest BCUT2D eigenvalue weighted by Gasteiger charge is -2.32. The fourth-order valence-corrected chi connectivity index (χ4v) is 6.93. The standard InChI is InChI=1S/C44H60N2O7/c1-3-5-6-7-8-9-10-11-12-13-25-49-43-40(15-14-16-41(43)47)44(48)53-42(4-2)46(29-39-32-52-39)36-23-19-34(20-24-36)26-33-17-21-35(22-18-33)45(27-37-30-50-37)28-38-31-51-38/h14-24,37-39,42,47H,3-13,25-32H2,1-2H3. The van der Waals surface area contributed by atoms with Crippen LogP contribution in [0.2, 0.25) is 0 Å². The molecule has 9 heteroatoms. The van der Waals surface area contributed by atoms with Crippen LogP contribution in [-0.4, -0.2) is 81.7 Å². The van der Waals surface area contributed by atoms with Crippen molar-refractivity contribution < 1.29 is 33.6 Å². The van der Waals surface area contributed by atoms with E-state index in [1.54, 1.807) is 18.2 Å². The van der Waals surface area contributed by atoms with Crippen molar-refractivity contribution in [2.45, 2.75) is 115 Å². The van der Waals surface area contributed by atoms with Gasteiger partial charge in [-0.05, 0) is 60.4 Å². The topological polar surface area (TPSA) is 99.8 Å². The van der Waals surface area contributed by atoms with Crippen LogP contribution in [0.4, 0.5) is 11.4 Å². The van der Waals surface area contributed by atoms with Crippen LogP contribution in [-0.2, 0) is 25.4 Å². The summed E-state index contributed by atoms with van der Waals surface area (Å²) >= 11 is 0. The van der Waals surface area contributed by atoms with E-state index >= 15 is 0 Å². The highest BCUT2D eigenvalue weighted by Gasteiger charge is 2.32.